The molecule has 1 N–H and O–H groups in total. The third-order valence-corrected chi connectivity index (χ3v) is 8.51. The topological polar surface area (TPSA) is 52.7 Å². The number of carbonyl (C=O) groups is 2. The van der Waals surface area contributed by atoms with Crippen molar-refractivity contribution >= 4 is 46.7 Å². The Balaban J connectivity index is 1.58. The van der Waals surface area contributed by atoms with Crippen molar-refractivity contribution in [3.05, 3.63) is 94.0 Å². The van der Waals surface area contributed by atoms with E-state index in [1.54, 1.807) is 15.9 Å². The maximum atomic E-state index is 14.3. The normalized spacial score (nSPS) is 20.4. The highest BCUT2D eigenvalue weighted by molar-refractivity contribution is 8.02. The molecule has 1 fully saturated rings. The van der Waals surface area contributed by atoms with Crippen LogP contribution in [0.4, 0.5) is 16.2 Å². The molecule has 3 aromatic carbocycles. The molecule has 2 aliphatic rings. The standard InChI is InChI=1S/C28H28ClN3O2S/c1-18-10-12-22(14-19(18)2)30-26(34)32-17-27(3,4)35-28(32)23-15-21(29)11-13-24(23)31(25(28)33)16-20-8-6-5-7-9-20/h5-15H,16-17H2,1-4H3,(H,30,34). The molecular formula is C28H28ClN3O2S. The number of nitrogens with one attached hydrogen (secondary N) is 1. The number of hydrogen-bond acceptors (Lipinski definition) is 3. The second-order valence-corrected chi connectivity index (χ2v) is 12.2. The van der Waals surface area contributed by atoms with Crippen LogP contribution in [0.1, 0.15) is 36.1 Å². The molecule has 35 heavy (non-hydrogen) atoms. The highest BCUT2D eigenvalue weighted by Gasteiger charge is 2.63. The molecule has 3 aromatic rings. The Labute approximate surface area is 215 Å². The van der Waals surface area contributed by atoms with Crippen LogP contribution in [0.15, 0.2) is 66.7 Å². The molecule has 1 unspecified atom stereocenters. The van der Waals surface area contributed by atoms with Crippen LogP contribution in [-0.2, 0) is 16.2 Å². The zero-order valence-corrected chi connectivity index (χ0v) is 21.8. The van der Waals surface area contributed by atoms with Gasteiger partial charge in [0.1, 0.15) is 0 Å². The van der Waals surface area contributed by atoms with E-state index in [1.807, 2.05) is 74.5 Å². The number of anilines is 2. The van der Waals surface area contributed by atoms with E-state index in [9.17, 15) is 9.59 Å². The number of aryl methyl sites for hydroxylation is 2. The fourth-order valence-corrected chi connectivity index (χ4v) is 6.80. The summed E-state index contributed by atoms with van der Waals surface area (Å²) in [5.41, 5.74) is 5.53. The Morgan fingerprint density at radius 2 is 1.77 bits per heavy atom. The third-order valence-electron chi connectivity index (χ3n) is 6.68. The molecule has 5 nitrogen and oxygen atoms in total. The Morgan fingerprint density at radius 1 is 1.03 bits per heavy atom. The number of nitrogens with zero attached hydrogens (tertiary/aromatic N) is 2. The van der Waals surface area contributed by atoms with E-state index in [-0.39, 0.29) is 16.7 Å². The number of fused-ring (bicyclic) bond motifs is 2. The maximum absolute atomic E-state index is 14.3. The first-order chi connectivity index (χ1) is 16.6. The first kappa shape index (κ1) is 23.8. The minimum atomic E-state index is -1.19. The summed E-state index contributed by atoms with van der Waals surface area (Å²) in [6, 6.07) is 21.0. The number of rotatable bonds is 3. The summed E-state index contributed by atoms with van der Waals surface area (Å²) in [6.45, 7) is 9.03. The molecule has 0 saturated carbocycles. The number of carbonyl (C=O) groups excluding carboxylic acids is 2. The minimum Gasteiger partial charge on any atom is -0.308 e. The van der Waals surface area contributed by atoms with Gasteiger partial charge >= 0.3 is 6.03 Å². The molecule has 0 radical (unpaired) electrons. The molecule has 180 valence electrons. The summed E-state index contributed by atoms with van der Waals surface area (Å²) >= 11 is 7.96. The molecule has 1 atom stereocenters. The van der Waals surface area contributed by atoms with Gasteiger partial charge in [-0.05, 0) is 74.7 Å². The van der Waals surface area contributed by atoms with Crippen LogP contribution in [0.3, 0.4) is 0 Å². The Kier molecular flexibility index (Phi) is 5.85. The van der Waals surface area contributed by atoms with Gasteiger partial charge in [0.05, 0.1) is 12.2 Å². The Hall–Kier alpha value is -2.96. The zero-order valence-electron chi connectivity index (χ0n) is 20.3. The van der Waals surface area contributed by atoms with Gasteiger partial charge in [-0.1, -0.05) is 48.0 Å². The van der Waals surface area contributed by atoms with Crippen molar-refractivity contribution < 1.29 is 9.59 Å². The lowest BCUT2D eigenvalue weighted by molar-refractivity contribution is -0.123. The second-order valence-electron chi connectivity index (χ2n) is 9.86. The largest absolute Gasteiger partial charge is 0.323 e. The number of urea groups is 1. The van der Waals surface area contributed by atoms with Crippen molar-refractivity contribution in [2.24, 2.45) is 0 Å². The number of amides is 3. The third kappa shape index (κ3) is 4.09. The van der Waals surface area contributed by atoms with Gasteiger partial charge in [-0.3, -0.25) is 9.69 Å². The van der Waals surface area contributed by atoms with Gasteiger partial charge in [0.2, 0.25) is 0 Å². The molecule has 3 amide bonds. The predicted octanol–water partition coefficient (Wildman–Crippen LogP) is 6.72. The van der Waals surface area contributed by atoms with Crippen LogP contribution in [0.2, 0.25) is 5.02 Å². The van der Waals surface area contributed by atoms with Crippen LogP contribution in [0.5, 0.6) is 0 Å². The summed E-state index contributed by atoms with van der Waals surface area (Å²) < 4.78 is -0.335. The first-order valence-corrected chi connectivity index (χ1v) is 12.8. The number of benzene rings is 3. The lowest BCUT2D eigenvalue weighted by Crippen LogP contribution is -2.51. The van der Waals surface area contributed by atoms with E-state index >= 15 is 0 Å². The summed E-state index contributed by atoms with van der Waals surface area (Å²) in [6.07, 6.45) is 0. The van der Waals surface area contributed by atoms with E-state index in [2.05, 4.69) is 19.2 Å². The van der Waals surface area contributed by atoms with Gasteiger partial charge in [-0.2, -0.15) is 0 Å². The van der Waals surface area contributed by atoms with Gasteiger partial charge in [0.25, 0.3) is 5.91 Å². The lowest BCUT2D eigenvalue weighted by atomic mass is 10.0. The van der Waals surface area contributed by atoms with E-state index in [1.165, 1.54) is 11.8 Å². The first-order valence-electron chi connectivity index (χ1n) is 11.6. The molecule has 1 saturated heterocycles. The summed E-state index contributed by atoms with van der Waals surface area (Å²) in [5.74, 6) is -0.121. The molecule has 5 rings (SSSR count). The second kappa shape index (κ2) is 8.61. The average Bonchev–Trinajstić information content (AvgIpc) is 3.23. The lowest BCUT2D eigenvalue weighted by Gasteiger charge is -2.33. The van der Waals surface area contributed by atoms with Gasteiger partial charge in [0, 0.05) is 27.6 Å². The maximum Gasteiger partial charge on any atom is 0.323 e. The van der Waals surface area contributed by atoms with Gasteiger partial charge in [-0.25, -0.2) is 4.79 Å². The fourth-order valence-electron chi connectivity index (χ4n) is 4.91. The number of hydrogen-bond donors (Lipinski definition) is 1. The Bertz CT molecular complexity index is 1330. The summed E-state index contributed by atoms with van der Waals surface area (Å²) in [4.78, 5) is 30.3. The monoisotopic (exact) mass is 505 g/mol. The molecule has 7 heteroatoms. The average molecular weight is 506 g/mol. The molecular weight excluding hydrogens is 478 g/mol. The van der Waals surface area contributed by atoms with E-state index < -0.39 is 4.87 Å². The van der Waals surface area contributed by atoms with E-state index in [0.717, 1.165) is 27.9 Å². The van der Waals surface area contributed by atoms with Crippen molar-refractivity contribution in [3.8, 4) is 0 Å². The van der Waals surface area contributed by atoms with Crippen molar-refractivity contribution in [2.75, 3.05) is 16.8 Å². The molecule has 0 bridgehead atoms. The zero-order chi connectivity index (χ0) is 25.0. The molecule has 2 aliphatic heterocycles. The summed E-state index contributed by atoms with van der Waals surface area (Å²) in [7, 11) is 0. The molecule has 2 heterocycles. The van der Waals surface area contributed by atoms with Crippen molar-refractivity contribution in [2.45, 2.75) is 43.9 Å². The van der Waals surface area contributed by atoms with Crippen molar-refractivity contribution in [1.29, 1.82) is 0 Å². The van der Waals surface area contributed by atoms with E-state index in [4.69, 9.17) is 11.6 Å². The molecule has 1 spiro atoms. The van der Waals surface area contributed by atoms with Crippen LogP contribution in [0.25, 0.3) is 0 Å². The van der Waals surface area contributed by atoms with Gasteiger partial charge in [0.15, 0.2) is 4.87 Å². The SMILES string of the molecule is Cc1ccc(NC(=O)N2CC(C)(C)SC23C(=O)N(Cc2ccccc2)c2ccc(Cl)cc23)cc1C. The van der Waals surface area contributed by atoms with Crippen molar-refractivity contribution in [1.82, 2.24) is 4.90 Å². The van der Waals surface area contributed by atoms with Crippen LogP contribution in [-0.4, -0.2) is 28.1 Å². The smallest absolute Gasteiger partial charge is 0.308 e. The minimum absolute atomic E-state index is 0.121. The fraction of sp³-hybridized carbons (Fsp3) is 0.286. The highest BCUT2D eigenvalue weighted by atomic mass is 35.5. The van der Waals surface area contributed by atoms with Crippen LogP contribution >= 0.6 is 23.4 Å². The van der Waals surface area contributed by atoms with Gasteiger partial charge < -0.3 is 10.2 Å². The Morgan fingerprint density at radius 3 is 2.49 bits per heavy atom. The van der Waals surface area contributed by atoms with E-state index in [0.29, 0.717) is 23.8 Å². The molecule has 0 aliphatic carbocycles. The van der Waals surface area contributed by atoms with Crippen molar-refractivity contribution in [3.63, 3.8) is 0 Å². The summed E-state index contributed by atoms with van der Waals surface area (Å²) in [5, 5.41) is 3.58. The van der Waals surface area contributed by atoms with Gasteiger partial charge in [-0.15, -0.1) is 11.8 Å². The molecule has 0 aromatic heterocycles. The highest BCUT2D eigenvalue weighted by Crippen LogP contribution is 2.60. The predicted molar refractivity (Wildman–Crippen MR) is 144 cm³/mol. The van der Waals surface area contributed by atoms with Crippen LogP contribution < -0.4 is 10.2 Å². The van der Waals surface area contributed by atoms with Crippen LogP contribution in [0, 0.1) is 13.8 Å². The number of halogens is 1. The number of thioether (sulfide) groups is 1. The quantitative estimate of drug-likeness (QED) is 0.430.